The molecular formula is C63H44N4. The van der Waals surface area contributed by atoms with Crippen molar-refractivity contribution >= 4 is 60.5 Å². The lowest BCUT2D eigenvalue weighted by atomic mass is 9.70. The molecule has 1 aliphatic carbocycles. The second-order valence-corrected chi connectivity index (χ2v) is 18.2. The summed E-state index contributed by atoms with van der Waals surface area (Å²) in [6, 6.07) is 83.2. The van der Waals surface area contributed by atoms with Gasteiger partial charge in [0.1, 0.15) is 0 Å². The smallest absolute Gasteiger partial charge is 0.235 e. The maximum Gasteiger partial charge on any atom is 0.235 e. The molecule has 0 unspecified atom stereocenters. The zero-order chi connectivity index (χ0) is 44.6. The number of benzene rings is 10. The topological polar surface area (TPSA) is 34.0 Å². The van der Waals surface area contributed by atoms with Gasteiger partial charge < -0.3 is 4.90 Å². The van der Waals surface area contributed by atoms with Crippen LogP contribution in [0.4, 0.5) is 17.1 Å². The van der Waals surface area contributed by atoms with Crippen molar-refractivity contribution in [3.8, 4) is 50.6 Å². The van der Waals surface area contributed by atoms with Gasteiger partial charge in [-0.05, 0) is 116 Å². The summed E-state index contributed by atoms with van der Waals surface area (Å²) < 4.78 is 2.28. The fourth-order valence-electron chi connectivity index (χ4n) is 10.7. The van der Waals surface area contributed by atoms with Crippen LogP contribution in [0.3, 0.4) is 0 Å². The molecule has 10 aromatic carbocycles. The molecule has 0 atom stereocenters. The Hall–Kier alpha value is -8.60. The van der Waals surface area contributed by atoms with E-state index in [1.807, 2.05) is 0 Å². The van der Waals surface area contributed by atoms with Crippen molar-refractivity contribution in [3.63, 3.8) is 0 Å². The number of fused-ring (bicyclic) bond motifs is 7. The number of nitrogens with zero attached hydrogens (tertiary/aromatic N) is 4. The first-order valence-corrected chi connectivity index (χ1v) is 23.1. The minimum Gasteiger partial charge on any atom is -0.311 e. The molecule has 0 radical (unpaired) electrons. The monoisotopic (exact) mass is 856 g/mol. The molecule has 0 bridgehead atoms. The summed E-state index contributed by atoms with van der Waals surface area (Å²) in [5.74, 6) is 0.677. The van der Waals surface area contributed by atoms with E-state index in [4.69, 9.17) is 9.97 Å². The van der Waals surface area contributed by atoms with E-state index in [-0.39, 0.29) is 5.41 Å². The first-order chi connectivity index (χ1) is 33.0. The minimum atomic E-state index is -0.170. The third kappa shape index (κ3) is 6.29. The Morgan fingerprint density at radius 2 is 0.925 bits per heavy atom. The fraction of sp³-hybridized carbons (Fsp3) is 0.0476. The molecule has 2 aromatic heterocycles. The van der Waals surface area contributed by atoms with Crippen molar-refractivity contribution in [1.29, 1.82) is 0 Å². The van der Waals surface area contributed by atoms with Gasteiger partial charge in [-0.1, -0.05) is 184 Å². The lowest BCUT2D eigenvalue weighted by Crippen LogP contribution is -2.24. The first-order valence-electron chi connectivity index (χ1n) is 23.1. The SMILES string of the molecule is CC1(C)c2ccccc2-c2nc(-n3c4ccc(-c5ccc(N(c6ccccc6)c6ccc(-c7ccc(-c8ccccc8)cc7)cc6)cc5)cc4c4c5ccccc5ccc43)nc3cccc1c23. The van der Waals surface area contributed by atoms with Gasteiger partial charge in [0.25, 0.3) is 0 Å². The van der Waals surface area contributed by atoms with E-state index in [0.29, 0.717) is 5.95 Å². The van der Waals surface area contributed by atoms with Crippen LogP contribution >= 0.6 is 0 Å². The maximum atomic E-state index is 5.50. The average molecular weight is 857 g/mol. The molecule has 0 N–H and O–H groups in total. The van der Waals surface area contributed by atoms with Crippen LogP contribution in [-0.4, -0.2) is 14.5 Å². The number of anilines is 3. The van der Waals surface area contributed by atoms with Crippen LogP contribution in [0.1, 0.15) is 25.0 Å². The van der Waals surface area contributed by atoms with Gasteiger partial charge in [0, 0.05) is 44.2 Å². The normalized spacial score (nSPS) is 12.7. The number of para-hydroxylation sites is 1. The van der Waals surface area contributed by atoms with Crippen molar-refractivity contribution in [2.24, 2.45) is 0 Å². The lowest BCUT2D eigenvalue weighted by Gasteiger charge is -2.34. The van der Waals surface area contributed by atoms with Gasteiger partial charge in [0.15, 0.2) is 0 Å². The van der Waals surface area contributed by atoms with Gasteiger partial charge in [0.2, 0.25) is 5.95 Å². The highest BCUT2D eigenvalue weighted by atomic mass is 15.2. The number of hydrogen-bond acceptors (Lipinski definition) is 3. The van der Waals surface area contributed by atoms with Gasteiger partial charge in [-0.3, -0.25) is 4.57 Å². The van der Waals surface area contributed by atoms with Gasteiger partial charge in [-0.25, -0.2) is 9.97 Å². The van der Waals surface area contributed by atoms with Crippen LogP contribution in [0.2, 0.25) is 0 Å². The molecule has 0 fully saturated rings. The molecule has 316 valence electrons. The average Bonchev–Trinajstić information content (AvgIpc) is 3.73. The van der Waals surface area contributed by atoms with E-state index in [2.05, 4.69) is 254 Å². The van der Waals surface area contributed by atoms with Crippen molar-refractivity contribution in [2.45, 2.75) is 19.3 Å². The molecule has 67 heavy (non-hydrogen) atoms. The van der Waals surface area contributed by atoms with Crippen molar-refractivity contribution in [2.75, 3.05) is 4.90 Å². The predicted octanol–water partition coefficient (Wildman–Crippen LogP) is 16.7. The molecular weight excluding hydrogens is 813 g/mol. The zero-order valence-electron chi connectivity index (χ0n) is 37.2. The van der Waals surface area contributed by atoms with E-state index in [0.717, 1.165) is 55.8 Å². The van der Waals surface area contributed by atoms with Gasteiger partial charge in [-0.2, -0.15) is 0 Å². The zero-order valence-corrected chi connectivity index (χ0v) is 37.2. The van der Waals surface area contributed by atoms with Gasteiger partial charge in [-0.15, -0.1) is 0 Å². The second kappa shape index (κ2) is 15.3. The summed E-state index contributed by atoms with van der Waals surface area (Å²) in [5, 5.41) is 5.92. The Bertz CT molecular complexity index is 3850. The van der Waals surface area contributed by atoms with Crippen molar-refractivity contribution in [1.82, 2.24) is 14.5 Å². The summed E-state index contributed by atoms with van der Waals surface area (Å²) in [6.07, 6.45) is 0. The Labute approximate surface area is 389 Å². The highest BCUT2D eigenvalue weighted by Crippen LogP contribution is 2.48. The molecule has 12 aromatic rings. The molecule has 0 amide bonds. The molecule has 0 saturated carbocycles. The van der Waals surface area contributed by atoms with Gasteiger partial charge >= 0.3 is 0 Å². The third-order valence-corrected chi connectivity index (χ3v) is 14.0. The first kappa shape index (κ1) is 38.8. The summed E-state index contributed by atoms with van der Waals surface area (Å²) in [5.41, 5.74) is 18.1. The van der Waals surface area contributed by atoms with Crippen molar-refractivity contribution in [3.05, 3.63) is 242 Å². The van der Waals surface area contributed by atoms with E-state index >= 15 is 0 Å². The molecule has 1 aliphatic rings. The largest absolute Gasteiger partial charge is 0.311 e. The standard InChI is InChI=1S/C63H44N4/c1-63(2)54-21-12-11-20-52(54)61-60-55(63)22-13-23-56(60)64-62(65-61)67-57-38-33-47(40-53(57)59-51-19-10-9-16-46(51)32-39-58(59)67)45-30-36-50(37-31-45)66(48-17-7-4-8-18-48)49-34-28-44(29-35-49)43-26-24-42(25-27-43)41-14-5-3-6-15-41/h3-40H,1-2H3. The van der Waals surface area contributed by atoms with Crippen LogP contribution in [-0.2, 0) is 5.41 Å². The Morgan fingerprint density at radius 1 is 0.388 bits per heavy atom. The summed E-state index contributed by atoms with van der Waals surface area (Å²) in [4.78, 5) is 13.2. The lowest BCUT2D eigenvalue weighted by molar-refractivity contribution is 0.643. The molecule has 0 saturated heterocycles. The number of aromatic nitrogens is 3. The number of hydrogen-bond donors (Lipinski definition) is 0. The highest BCUT2D eigenvalue weighted by Gasteiger charge is 2.35. The van der Waals surface area contributed by atoms with E-state index < -0.39 is 0 Å². The molecule has 4 heteroatoms. The van der Waals surface area contributed by atoms with Crippen LogP contribution in [0.5, 0.6) is 0 Å². The van der Waals surface area contributed by atoms with E-state index in [1.54, 1.807) is 0 Å². The number of rotatable bonds is 7. The quantitative estimate of drug-likeness (QED) is 0.160. The molecule has 13 rings (SSSR count). The molecule has 0 spiro atoms. The molecule has 2 heterocycles. The molecule has 4 nitrogen and oxygen atoms in total. The minimum absolute atomic E-state index is 0.170. The van der Waals surface area contributed by atoms with Crippen LogP contribution in [0, 0.1) is 0 Å². The molecule has 0 aliphatic heterocycles. The van der Waals surface area contributed by atoms with E-state index in [9.17, 15) is 0 Å². The van der Waals surface area contributed by atoms with Crippen LogP contribution in [0.15, 0.2) is 231 Å². The Balaban J connectivity index is 0.902. The summed E-state index contributed by atoms with van der Waals surface area (Å²) >= 11 is 0. The van der Waals surface area contributed by atoms with Gasteiger partial charge in [0.05, 0.1) is 22.2 Å². The van der Waals surface area contributed by atoms with Crippen molar-refractivity contribution < 1.29 is 0 Å². The Kier molecular flexibility index (Phi) is 8.84. The summed E-state index contributed by atoms with van der Waals surface area (Å²) in [6.45, 7) is 4.62. The van der Waals surface area contributed by atoms with E-state index in [1.165, 1.54) is 60.5 Å². The van der Waals surface area contributed by atoms with Crippen LogP contribution in [0.25, 0.3) is 94.1 Å². The maximum absolute atomic E-state index is 5.50. The fourth-order valence-corrected chi connectivity index (χ4v) is 10.7. The summed E-state index contributed by atoms with van der Waals surface area (Å²) in [7, 11) is 0. The van der Waals surface area contributed by atoms with Crippen LogP contribution < -0.4 is 4.90 Å². The third-order valence-electron chi connectivity index (χ3n) is 14.0. The second-order valence-electron chi connectivity index (χ2n) is 18.2. The Morgan fingerprint density at radius 3 is 1.64 bits per heavy atom. The predicted molar refractivity (Wildman–Crippen MR) is 280 cm³/mol. The highest BCUT2D eigenvalue weighted by molar-refractivity contribution is 6.22.